The number of aromatic nitrogens is 2. The molecule has 0 aliphatic heterocycles. The molecule has 13 heavy (non-hydrogen) atoms. The van der Waals surface area contributed by atoms with Crippen molar-refractivity contribution in [1.29, 1.82) is 0 Å². The number of nitrogens with zero attached hydrogens (tertiary/aromatic N) is 2. The van der Waals surface area contributed by atoms with Gasteiger partial charge in [0.2, 0.25) is 5.88 Å². The molecule has 2 heterocycles. The van der Waals surface area contributed by atoms with Gasteiger partial charge in [0.1, 0.15) is 5.69 Å². The molecular weight excluding hydrogens is 188 g/mol. The van der Waals surface area contributed by atoms with Crippen molar-refractivity contribution in [1.82, 2.24) is 9.38 Å². The van der Waals surface area contributed by atoms with Gasteiger partial charge in [0, 0.05) is 11.6 Å². The van der Waals surface area contributed by atoms with E-state index in [0.717, 1.165) is 10.7 Å². The van der Waals surface area contributed by atoms with E-state index in [1.165, 1.54) is 11.3 Å². The highest BCUT2D eigenvalue weighted by Gasteiger charge is 2.12. The fourth-order valence-corrected chi connectivity index (χ4v) is 1.93. The van der Waals surface area contributed by atoms with Gasteiger partial charge in [-0.1, -0.05) is 0 Å². The highest BCUT2D eigenvalue weighted by Crippen LogP contribution is 2.22. The summed E-state index contributed by atoms with van der Waals surface area (Å²) in [6.45, 7) is 2.42. The molecule has 2 aromatic rings. The summed E-state index contributed by atoms with van der Waals surface area (Å²) in [6, 6.07) is 0. The van der Waals surface area contributed by atoms with Crippen molar-refractivity contribution in [3.05, 3.63) is 17.3 Å². The maximum Gasteiger partial charge on any atom is 0.239 e. The van der Waals surface area contributed by atoms with Crippen molar-refractivity contribution >= 4 is 16.3 Å². The lowest BCUT2D eigenvalue weighted by molar-refractivity contribution is 0.259. The van der Waals surface area contributed by atoms with Crippen LogP contribution >= 0.6 is 11.3 Å². The van der Waals surface area contributed by atoms with Gasteiger partial charge in [0.05, 0.1) is 13.2 Å². The van der Waals surface area contributed by atoms with Crippen LogP contribution in [0.1, 0.15) is 12.6 Å². The zero-order valence-corrected chi connectivity index (χ0v) is 8.04. The maximum absolute atomic E-state index is 9.11. The fourth-order valence-electron chi connectivity index (χ4n) is 1.21. The van der Waals surface area contributed by atoms with E-state index in [1.54, 1.807) is 0 Å². The van der Waals surface area contributed by atoms with Crippen LogP contribution in [0.25, 0.3) is 4.96 Å². The number of hydrogen-bond acceptors (Lipinski definition) is 4. The molecule has 0 aliphatic carbocycles. The van der Waals surface area contributed by atoms with Gasteiger partial charge in [-0.3, -0.25) is 4.40 Å². The van der Waals surface area contributed by atoms with Crippen molar-refractivity contribution in [2.45, 2.75) is 13.5 Å². The minimum atomic E-state index is -0.0484. The fraction of sp³-hybridized carbons (Fsp3) is 0.375. The van der Waals surface area contributed by atoms with Gasteiger partial charge in [-0.15, -0.1) is 11.3 Å². The Morgan fingerprint density at radius 3 is 3.23 bits per heavy atom. The molecule has 0 aromatic carbocycles. The van der Waals surface area contributed by atoms with Crippen LogP contribution in [0.4, 0.5) is 0 Å². The number of fused-ring (bicyclic) bond motifs is 1. The lowest BCUT2D eigenvalue weighted by atomic mass is 10.5. The summed E-state index contributed by atoms with van der Waals surface area (Å²) in [5, 5.41) is 11.0. The first-order valence-electron chi connectivity index (χ1n) is 4.05. The Bertz CT molecular complexity index is 407. The maximum atomic E-state index is 9.11. The Balaban J connectivity index is 2.54. The molecule has 0 unspecified atom stereocenters. The first kappa shape index (κ1) is 8.52. The van der Waals surface area contributed by atoms with Crippen molar-refractivity contribution in [3.8, 4) is 5.88 Å². The molecule has 0 aliphatic rings. The summed E-state index contributed by atoms with van der Waals surface area (Å²) >= 11 is 1.52. The van der Waals surface area contributed by atoms with Gasteiger partial charge in [-0.05, 0) is 6.92 Å². The topological polar surface area (TPSA) is 46.8 Å². The lowest BCUT2D eigenvalue weighted by Crippen LogP contribution is -1.97. The summed E-state index contributed by atoms with van der Waals surface area (Å²) in [7, 11) is 0. The molecule has 0 saturated heterocycles. The van der Waals surface area contributed by atoms with Gasteiger partial charge < -0.3 is 9.84 Å². The van der Waals surface area contributed by atoms with Gasteiger partial charge >= 0.3 is 0 Å². The predicted octanol–water partition coefficient (Wildman–Crippen LogP) is 1.29. The van der Waals surface area contributed by atoms with Crippen LogP contribution in [0.5, 0.6) is 5.88 Å². The number of ether oxygens (including phenoxy) is 1. The largest absolute Gasteiger partial charge is 0.477 e. The number of aliphatic hydroxyl groups excluding tert-OH is 1. The van der Waals surface area contributed by atoms with Crippen molar-refractivity contribution < 1.29 is 9.84 Å². The Morgan fingerprint density at radius 1 is 1.69 bits per heavy atom. The van der Waals surface area contributed by atoms with E-state index < -0.39 is 0 Å². The number of thiazole rings is 1. The molecule has 1 N–H and O–H groups in total. The summed E-state index contributed by atoms with van der Waals surface area (Å²) in [5.74, 6) is 0.539. The molecule has 70 valence electrons. The van der Waals surface area contributed by atoms with Crippen LogP contribution in [-0.4, -0.2) is 21.1 Å². The van der Waals surface area contributed by atoms with Crippen LogP contribution in [0.2, 0.25) is 0 Å². The van der Waals surface area contributed by atoms with Crippen molar-refractivity contribution in [2.75, 3.05) is 6.61 Å². The first-order chi connectivity index (χ1) is 6.36. The van der Waals surface area contributed by atoms with Gasteiger partial charge in [0.25, 0.3) is 0 Å². The molecular formula is C8H10N2O2S. The summed E-state index contributed by atoms with van der Waals surface area (Å²) in [4.78, 5) is 5.09. The molecule has 5 heteroatoms. The minimum Gasteiger partial charge on any atom is -0.477 e. The van der Waals surface area contributed by atoms with Crippen LogP contribution in [0, 0.1) is 0 Å². The second-order valence-electron chi connectivity index (χ2n) is 2.51. The highest BCUT2D eigenvalue weighted by atomic mass is 32.1. The molecule has 0 bridgehead atoms. The van der Waals surface area contributed by atoms with E-state index in [2.05, 4.69) is 4.98 Å². The third-order valence-electron chi connectivity index (χ3n) is 1.76. The summed E-state index contributed by atoms with van der Waals surface area (Å²) < 4.78 is 7.13. The normalized spacial score (nSPS) is 10.9. The van der Waals surface area contributed by atoms with Crippen LogP contribution < -0.4 is 4.74 Å². The van der Waals surface area contributed by atoms with Gasteiger partial charge in [-0.2, -0.15) is 4.98 Å². The zero-order chi connectivity index (χ0) is 9.26. The molecule has 0 spiro atoms. The molecule has 0 fully saturated rings. The first-order valence-corrected chi connectivity index (χ1v) is 4.93. The summed E-state index contributed by atoms with van der Waals surface area (Å²) in [5.41, 5.74) is 0.720. The average Bonchev–Trinajstić information content (AvgIpc) is 2.64. The van der Waals surface area contributed by atoms with Crippen molar-refractivity contribution in [3.63, 3.8) is 0 Å². The van der Waals surface area contributed by atoms with Gasteiger partial charge in [-0.25, -0.2) is 0 Å². The predicted molar refractivity (Wildman–Crippen MR) is 50.2 cm³/mol. The van der Waals surface area contributed by atoms with Gasteiger partial charge in [0.15, 0.2) is 4.96 Å². The standard InChI is InChI=1S/C8H10N2O2S/c1-2-12-7-6(5-11)10-3-4-13-8(10)9-7/h3-4,11H,2,5H2,1H3. The molecule has 2 rings (SSSR count). The Hall–Kier alpha value is -1.07. The zero-order valence-electron chi connectivity index (χ0n) is 7.23. The second kappa shape index (κ2) is 3.35. The molecule has 0 atom stereocenters. The molecule has 0 amide bonds. The van der Waals surface area contributed by atoms with Crippen LogP contribution in [-0.2, 0) is 6.61 Å². The Kier molecular flexibility index (Phi) is 2.20. The SMILES string of the molecule is CCOc1nc2sccn2c1CO. The van der Waals surface area contributed by atoms with E-state index in [0.29, 0.717) is 12.5 Å². The smallest absolute Gasteiger partial charge is 0.239 e. The number of aliphatic hydroxyl groups is 1. The van der Waals surface area contributed by atoms with E-state index in [4.69, 9.17) is 9.84 Å². The molecule has 0 radical (unpaired) electrons. The molecule has 4 nitrogen and oxygen atoms in total. The quantitative estimate of drug-likeness (QED) is 0.808. The molecule has 0 saturated carbocycles. The third-order valence-corrected chi connectivity index (χ3v) is 2.51. The number of rotatable bonds is 3. The van der Waals surface area contributed by atoms with Crippen molar-refractivity contribution in [2.24, 2.45) is 0 Å². The van der Waals surface area contributed by atoms with Crippen LogP contribution in [0.3, 0.4) is 0 Å². The summed E-state index contributed by atoms with van der Waals surface area (Å²) in [6.07, 6.45) is 1.88. The van der Waals surface area contributed by atoms with E-state index in [1.807, 2.05) is 22.9 Å². The molecule has 2 aromatic heterocycles. The average molecular weight is 198 g/mol. The number of imidazole rings is 1. The van der Waals surface area contributed by atoms with E-state index >= 15 is 0 Å². The highest BCUT2D eigenvalue weighted by molar-refractivity contribution is 7.15. The minimum absolute atomic E-state index is 0.0484. The van der Waals surface area contributed by atoms with E-state index in [9.17, 15) is 0 Å². The Morgan fingerprint density at radius 2 is 2.54 bits per heavy atom. The monoisotopic (exact) mass is 198 g/mol. The second-order valence-corrected chi connectivity index (χ2v) is 3.38. The van der Waals surface area contributed by atoms with E-state index in [-0.39, 0.29) is 6.61 Å². The Labute approximate surface area is 79.4 Å². The third kappa shape index (κ3) is 1.30. The lowest BCUT2D eigenvalue weighted by Gasteiger charge is -1.99. The van der Waals surface area contributed by atoms with Crippen LogP contribution in [0.15, 0.2) is 11.6 Å². The number of hydrogen-bond donors (Lipinski definition) is 1.